The third kappa shape index (κ3) is 8.02. The van der Waals surface area contributed by atoms with Crippen molar-refractivity contribution >= 4 is 11.6 Å². The average Bonchev–Trinajstić information content (AvgIpc) is 3.28. The fraction of sp³-hybridized carbons (Fsp3) is 0.759. The van der Waals surface area contributed by atoms with Gasteiger partial charge in [0, 0.05) is 31.4 Å². The Morgan fingerprint density at radius 1 is 1.03 bits per heavy atom. The maximum Gasteiger partial charge on any atom is 0.239 e. The number of hydrogen-bond donors (Lipinski definition) is 1. The maximum absolute atomic E-state index is 12.9. The number of hydrogen-bond acceptors (Lipinski definition) is 3. The van der Waals surface area contributed by atoms with E-state index in [0.29, 0.717) is 17.9 Å². The second-order valence-corrected chi connectivity index (χ2v) is 11.5. The van der Waals surface area contributed by atoms with E-state index in [1.54, 1.807) is 0 Å². The zero-order valence-electron chi connectivity index (χ0n) is 21.8. The normalized spacial score (nSPS) is 20.6. The lowest BCUT2D eigenvalue weighted by molar-refractivity contribution is -0.131. The fourth-order valence-corrected chi connectivity index (χ4v) is 5.66. The number of carbonyl (C=O) groups is 1. The molecule has 1 aliphatic heterocycles. The molecule has 1 saturated carbocycles. The van der Waals surface area contributed by atoms with Crippen molar-refractivity contribution in [2.75, 3.05) is 24.5 Å². The van der Waals surface area contributed by atoms with Gasteiger partial charge in [0.1, 0.15) is 0 Å². The molecule has 4 nitrogen and oxygen atoms in total. The van der Waals surface area contributed by atoms with Crippen molar-refractivity contribution in [2.45, 2.75) is 104 Å². The lowest BCUT2D eigenvalue weighted by Crippen LogP contribution is -2.45. The van der Waals surface area contributed by atoms with Gasteiger partial charge in [-0.25, -0.2) is 0 Å². The molecule has 1 saturated heterocycles. The average molecular weight is 456 g/mol. The molecule has 0 spiro atoms. The molecule has 1 aliphatic carbocycles. The Bertz CT molecular complexity index is 708. The summed E-state index contributed by atoms with van der Waals surface area (Å²) in [4.78, 5) is 17.5. The summed E-state index contributed by atoms with van der Waals surface area (Å²) in [6, 6.07) is 9.36. The number of anilines is 1. The van der Waals surface area contributed by atoms with Crippen LogP contribution in [0.1, 0.15) is 91.0 Å². The first-order chi connectivity index (χ1) is 15.8. The van der Waals surface area contributed by atoms with Crippen LogP contribution in [0.25, 0.3) is 0 Å². The monoisotopic (exact) mass is 455 g/mol. The highest BCUT2D eigenvalue weighted by atomic mass is 16.2. The summed E-state index contributed by atoms with van der Waals surface area (Å²) < 4.78 is 0. The molecule has 33 heavy (non-hydrogen) atoms. The zero-order valence-corrected chi connectivity index (χ0v) is 21.8. The standard InChI is InChI=1S/C29H49N3O/c1-22(2)16-19-32(27-17-18-31(21-27)29(33)28(30)20-23(3)4)26-14-12-25(13-15-26)11-10-24-8-6-5-7-9-24/h12-15,22-24,27-28H,5-11,16-21,30H2,1-4H3. The van der Waals surface area contributed by atoms with Gasteiger partial charge in [-0.1, -0.05) is 71.9 Å². The molecule has 3 rings (SSSR count). The van der Waals surface area contributed by atoms with E-state index in [2.05, 4.69) is 56.9 Å². The minimum absolute atomic E-state index is 0.132. The van der Waals surface area contributed by atoms with Gasteiger partial charge in [-0.05, 0) is 67.6 Å². The van der Waals surface area contributed by atoms with Crippen LogP contribution in [0.4, 0.5) is 5.69 Å². The summed E-state index contributed by atoms with van der Waals surface area (Å²) in [5.74, 6) is 2.18. The molecule has 1 amide bonds. The zero-order chi connectivity index (χ0) is 23.8. The fourth-order valence-electron chi connectivity index (χ4n) is 5.66. The van der Waals surface area contributed by atoms with Gasteiger partial charge in [0.2, 0.25) is 5.91 Å². The van der Waals surface area contributed by atoms with Crippen molar-refractivity contribution < 1.29 is 4.79 Å². The third-order valence-electron chi connectivity index (χ3n) is 7.74. The van der Waals surface area contributed by atoms with Crippen molar-refractivity contribution in [1.82, 2.24) is 4.90 Å². The molecule has 2 atom stereocenters. The van der Waals surface area contributed by atoms with Crippen LogP contribution in [-0.2, 0) is 11.2 Å². The molecule has 0 radical (unpaired) electrons. The maximum atomic E-state index is 12.9. The number of nitrogens with zero attached hydrogens (tertiary/aromatic N) is 2. The van der Waals surface area contributed by atoms with Gasteiger partial charge in [0.05, 0.1) is 6.04 Å². The molecule has 2 aliphatic rings. The van der Waals surface area contributed by atoms with Crippen molar-refractivity contribution in [2.24, 2.45) is 23.5 Å². The lowest BCUT2D eigenvalue weighted by Gasteiger charge is -2.32. The summed E-state index contributed by atoms with van der Waals surface area (Å²) in [7, 11) is 0. The Morgan fingerprint density at radius 2 is 1.73 bits per heavy atom. The molecule has 1 aromatic carbocycles. The summed E-state index contributed by atoms with van der Waals surface area (Å²) in [6.45, 7) is 11.5. The summed E-state index contributed by atoms with van der Waals surface area (Å²) >= 11 is 0. The Balaban J connectivity index is 1.61. The quantitative estimate of drug-likeness (QED) is 0.443. The molecule has 2 fully saturated rings. The van der Waals surface area contributed by atoms with Crippen molar-refractivity contribution in [3.8, 4) is 0 Å². The highest BCUT2D eigenvalue weighted by molar-refractivity contribution is 5.82. The van der Waals surface area contributed by atoms with Gasteiger partial charge >= 0.3 is 0 Å². The second kappa shape index (κ2) is 12.8. The van der Waals surface area contributed by atoms with Gasteiger partial charge in [0.15, 0.2) is 0 Å². The Morgan fingerprint density at radius 3 is 2.36 bits per heavy atom. The van der Waals surface area contributed by atoms with E-state index in [1.807, 2.05) is 4.90 Å². The SMILES string of the molecule is CC(C)CCN(c1ccc(CCC2CCCCC2)cc1)C1CCN(C(=O)C(N)CC(C)C)C1. The van der Waals surface area contributed by atoms with E-state index in [1.165, 1.54) is 62.6 Å². The third-order valence-corrected chi connectivity index (χ3v) is 7.74. The first-order valence-corrected chi connectivity index (χ1v) is 13.7. The molecular weight excluding hydrogens is 406 g/mol. The van der Waals surface area contributed by atoms with Gasteiger partial charge < -0.3 is 15.5 Å². The molecule has 4 heteroatoms. The summed E-state index contributed by atoms with van der Waals surface area (Å²) in [6.07, 6.45) is 12.7. The molecular formula is C29H49N3O. The van der Waals surface area contributed by atoms with Crippen molar-refractivity contribution in [1.29, 1.82) is 0 Å². The summed E-state index contributed by atoms with van der Waals surface area (Å²) in [5.41, 5.74) is 9.00. The Kier molecular flexibility index (Phi) is 10.1. The summed E-state index contributed by atoms with van der Waals surface area (Å²) in [5, 5.41) is 0. The Hall–Kier alpha value is -1.55. The van der Waals surface area contributed by atoms with E-state index >= 15 is 0 Å². The first kappa shape index (κ1) is 26.1. The number of rotatable bonds is 11. The number of benzene rings is 1. The van der Waals surface area contributed by atoms with E-state index in [9.17, 15) is 4.79 Å². The second-order valence-electron chi connectivity index (χ2n) is 11.5. The molecule has 2 N–H and O–H groups in total. The first-order valence-electron chi connectivity index (χ1n) is 13.7. The molecule has 1 aromatic rings. The van der Waals surface area contributed by atoms with Crippen LogP contribution in [0.2, 0.25) is 0 Å². The molecule has 2 unspecified atom stereocenters. The van der Waals surface area contributed by atoms with Crippen LogP contribution < -0.4 is 10.6 Å². The highest BCUT2D eigenvalue weighted by Gasteiger charge is 2.32. The van der Waals surface area contributed by atoms with E-state index in [-0.39, 0.29) is 11.9 Å². The predicted molar refractivity (Wildman–Crippen MR) is 141 cm³/mol. The highest BCUT2D eigenvalue weighted by Crippen LogP contribution is 2.29. The smallest absolute Gasteiger partial charge is 0.239 e. The van der Waals surface area contributed by atoms with Crippen molar-refractivity contribution in [3.63, 3.8) is 0 Å². The van der Waals surface area contributed by atoms with Gasteiger partial charge in [-0.15, -0.1) is 0 Å². The topological polar surface area (TPSA) is 49.6 Å². The Labute approximate surface area is 203 Å². The molecule has 1 heterocycles. The minimum Gasteiger partial charge on any atom is -0.367 e. The molecule has 0 bridgehead atoms. The van der Waals surface area contributed by atoms with Crippen LogP contribution in [0, 0.1) is 17.8 Å². The van der Waals surface area contributed by atoms with Gasteiger partial charge in [-0.2, -0.15) is 0 Å². The predicted octanol–water partition coefficient (Wildman–Crippen LogP) is 6.03. The van der Waals surface area contributed by atoms with Gasteiger partial charge in [-0.3, -0.25) is 4.79 Å². The molecule has 186 valence electrons. The van der Waals surface area contributed by atoms with Crippen LogP contribution in [0.3, 0.4) is 0 Å². The largest absolute Gasteiger partial charge is 0.367 e. The van der Waals surface area contributed by atoms with E-state index < -0.39 is 0 Å². The van der Waals surface area contributed by atoms with E-state index in [0.717, 1.165) is 38.4 Å². The van der Waals surface area contributed by atoms with Gasteiger partial charge in [0.25, 0.3) is 0 Å². The number of carbonyl (C=O) groups excluding carboxylic acids is 1. The van der Waals surface area contributed by atoms with Crippen LogP contribution in [0.15, 0.2) is 24.3 Å². The van der Waals surface area contributed by atoms with Crippen molar-refractivity contribution in [3.05, 3.63) is 29.8 Å². The minimum atomic E-state index is -0.365. The van der Waals surface area contributed by atoms with E-state index in [4.69, 9.17) is 5.73 Å². The molecule has 0 aromatic heterocycles. The number of aryl methyl sites for hydroxylation is 1. The number of nitrogens with two attached hydrogens (primary N) is 1. The van der Waals surface area contributed by atoms with Crippen LogP contribution >= 0.6 is 0 Å². The lowest BCUT2D eigenvalue weighted by atomic mass is 9.85. The number of likely N-dealkylation sites (tertiary alicyclic amines) is 1. The number of amides is 1. The van der Waals surface area contributed by atoms with Crippen LogP contribution in [-0.4, -0.2) is 42.5 Å². The van der Waals surface area contributed by atoms with Crippen LogP contribution in [0.5, 0.6) is 0 Å².